The van der Waals surface area contributed by atoms with Gasteiger partial charge in [-0.2, -0.15) is 11.8 Å². The first-order chi connectivity index (χ1) is 33.9. The molecule has 71 heavy (non-hydrogen) atoms. The molecule has 2 aromatic carbocycles. The van der Waals surface area contributed by atoms with Crippen LogP contribution in [0.25, 0.3) is 10.9 Å². The lowest BCUT2D eigenvalue weighted by molar-refractivity contribution is -0.142. The number of hydrogen-bond donors (Lipinski definition) is 16. The van der Waals surface area contributed by atoms with E-state index in [4.69, 9.17) is 22.9 Å². The van der Waals surface area contributed by atoms with E-state index in [1.807, 2.05) is 0 Å². The average Bonchev–Trinajstić information content (AvgIpc) is 3.75. The first kappa shape index (κ1) is 58.3. The number of aliphatic carboxylic acids is 1. The van der Waals surface area contributed by atoms with Crippen molar-refractivity contribution in [3.05, 3.63) is 65.9 Å². The molecule has 0 saturated carbocycles. The number of para-hydroxylation sites is 1. The summed E-state index contributed by atoms with van der Waals surface area (Å²) in [5.41, 5.74) is 23.7. The number of aromatic nitrogens is 1. The second-order valence-corrected chi connectivity index (χ2v) is 17.4. The number of aromatic amines is 1. The SMILES string of the molecule is CSCC[C@H](NC(=O)[C@H](CO)NC(=O)[C@H](Cc1ccc(O)cc1)NC(=O)[C@H](Cc1c[nH]c2ccccc12)NC(=O)[C@H](CO)NC(=O)CNC(=O)[C@@H](N)CCCCN)C(=O)N[C@@H](CCCN=C(N)N)C(=O)O. The van der Waals surface area contributed by atoms with Gasteiger partial charge in [0.1, 0.15) is 42.0 Å². The van der Waals surface area contributed by atoms with Crippen molar-refractivity contribution in [1.29, 1.82) is 0 Å². The van der Waals surface area contributed by atoms with Gasteiger partial charge in [-0.1, -0.05) is 36.8 Å². The zero-order valence-corrected chi connectivity index (χ0v) is 40.2. The number of aromatic hydroxyl groups is 1. The Morgan fingerprint density at radius 3 is 1.85 bits per heavy atom. The Bertz CT molecular complexity index is 2280. The number of hydrogen-bond acceptors (Lipinski definition) is 15. The fraction of sp³-hybridized carbons (Fsp3) is 0.489. The third-order valence-corrected chi connectivity index (χ3v) is 11.6. The van der Waals surface area contributed by atoms with E-state index in [9.17, 15) is 58.8 Å². The molecule has 390 valence electrons. The number of benzene rings is 2. The molecule has 1 heterocycles. The number of fused-ring (bicyclic) bond motifs is 1. The Morgan fingerprint density at radius 2 is 1.24 bits per heavy atom. The van der Waals surface area contributed by atoms with E-state index in [-0.39, 0.29) is 50.4 Å². The Labute approximate surface area is 413 Å². The Kier molecular flexibility index (Phi) is 25.1. The summed E-state index contributed by atoms with van der Waals surface area (Å²) in [6.45, 7) is -1.99. The number of aliphatic hydroxyl groups excluding tert-OH is 2. The number of unbranched alkanes of at least 4 members (excludes halogenated alkanes) is 1. The van der Waals surface area contributed by atoms with Crippen molar-refractivity contribution in [2.45, 2.75) is 93.7 Å². The number of carboxylic acids is 1. The van der Waals surface area contributed by atoms with Crippen LogP contribution < -0.4 is 60.2 Å². The summed E-state index contributed by atoms with van der Waals surface area (Å²) in [4.78, 5) is 114. The Morgan fingerprint density at radius 1 is 0.676 bits per heavy atom. The molecule has 0 aliphatic carbocycles. The molecule has 0 saturated heterocycles. The molecule has 1 aromatic heterocycles. The van der Waals surface area contributed by atoms with E-state index in [0.717, 1.165) is 0 Å². The van der Waals surface area contributed by atoms with Crippen LogP contribution in [0.3, 0.4) is 0 Å². The van der Waals surface area contributed by atoms with Gasteiger partial charge in [0.05, 0.1) is 25.8 Å². The smallest absolute Gasteiger partial charge is 0.326 e. The van der Waals surface area contributed by atoms with Gasteiger partial charge in [0, 0.05) is 36.5 Å². The largest absolute Gasteiger partial charge is 0.508 e. The van der Waals surface area contributed by atoms with Crippen LogP contribution in [0.5, 0.6) is 5.75 Å². The minimum absolute atomic E-state index is 0.0241. The summed E-state index contributed by atoms with van der Waals surface area (Å²) in [7, 11) is 0. The molecule has 3 rings (SSSR count). The topological polar surface area (TPSA) is 434 Å². The summed E-state index contributed by atoms with van der Waals surface area (Å²) < 4.78 is 0. The van der Waals surface area contributed by atoms with Crippen LogP contribution in [0.1, 0.15) is 49.7 Å². The van der Waals surface area contributed by atoms with E-state index in [1.54, 1.807) is 36.7 Å². The lowest BCUT2D eigenvalue weighted by atomic mass is 10.0. The Hall–Kier alpha value is -7.00. The number of phenolic OH excluding ortho intramolecular Hbond substituents is 1. The number of carbonyl (C=O) groups is 8. The molecule has 7 atom stereocenters. The van der Waals surface area contributed by atoms with Gasteiger partial charge in [-0.05, 0) is 80.0 Å². The molecule has 7 amide bonds. The second-order valence-electron chi connectivity index (χ2n) is 16.4. The normalized spacial score (nSPS) is 14.0. The predicted molar refractivity (Wildman–Crippen MR) is 264 cm³/mol. The maximum Gasteiger partial charge on any atom is 0.326 e. The minimum Gasteiger partial charge on any atom is -0.508 e. The van der Waals surface area contributed by atoms with Gasteiger partial charge in [-0.15, -0.1) is 0 Å². The number of phenols is 1. The molecule has 3 aromatic rings. The van der Waals surface area contributed by atoms with E-state index in [1.165, 1.54) is 36.0 Å². The van der Waals surface area contributed by atoms with Gasteiger partial charge in [-0.25, -0.2) is 4.79 Å². The molecule has 0 aliphatic rings. The number of guanidine groups is 1. The van der Waals surface area contributed by atoms with Crippen molar-refractivity contribution < 1.29 is 58.8 Å². The number of carbonyl (C=O) groups excluding carboxylic acids is 7. The number of nitrogens with zero attached hydrogens (tertiary/aromatic N) is 1. The molecule has 26 heteroatoms. The van der Waals surface area contributed by atoms with Gasteiger partial charge in [0.2, 0.25) is 41.4 Å². The number of nitrogens with two attached hydrogens (primary N) is 4. The fourth-order valence-electron chi connectivity index (χ4n) is 7.01. The van der Waals surface area contributed by atoms with E-state index in [0.29, 0.717) is 53.6 Å². The van der Waals surface area contributed by atoms with Crippen molar-refractivity contribution in [2.24, 2.45) is 27.9 Å². The monoisotopic (exact) mass is 1010 g/mol. The second kappa shape index (κ2) is 30.6. The van der Waals surface area contributed by atoms with Crippen molar-refractivity contribution in [1.82, 2.24) is 42.2 Å². The highest BCUT2D eigenvalue weighted by molar-refractivity contribution is 7.98. The lowest BCUT2D eigenvalue weighted by Crippen LogP contribution is -2.61. The standard InChI is InChI=1S/C45H67N13O12S/c1-71-18-15-31(39(64)55-32(44(69)70)10-6-17-50-45(48)49)54-43(68)36(24-60)58-40(65)33(19-25-11-13-27(61)14-12-25)56-41(66)34(20-26-21-51-30-9-3-2-7-28(26)30)57-42(67)35(23-59)53-37(62)22-52-38(63)29(47)8-4-5-16-46/h2-3,7,9,11-14,21,29,31-36,51,59-61H,4-6,8,10,15-20,22-24,46-47H2,1H3,(H,52,63)(H,53,62)(H,54,68)(H,55,64)(H,56,66)(H,57,67)(H,58,65)(H,69,70)(H4,48,49,50)/t29-,31-,32-,33-,34-,35-,36-/m0/s1. The number of aliphatic hydroxyl groups is 2. The maximum absolute atomic E-state index is 14.4. The lowest BCUT2D eigenvalue weighted by Gasteiger charge is -2.27. The molecule has 0 unspecified atom stereocenters. The van der Waals surface area contributed by atoms with Crippen molar-refractivity contribution in [2.75, 3.05) is 44.9 Å². The van der Waals surface area contributed by atoms with Crippen LogP contribution in [0.2, 0.25) is 0 Å². The molecule has 25 nitrogen and oxygen atoms in total. The number of H-pyrrole nitrogens is 1. The third kappa shape index (κ3) is 20.1. The fourth-order valence-corrected chi connectivity index (χ4v) is 7.48. The average molecular weight is 1010 g/mol. The number of carboxylic acid groups (broad SMARTS) is 1. The number of rotatable bonds is 32. The highest BCUT2D eigenvalue weighted by Crippen LogP contribution is 2.20. The molecule has 0 radical (unpaired) electrons. The minimum atomic E-state index is -1.71. The highest BCUT2D eigenvalue weighted by Gasteiger charge is 2.34. The van der Waals surface area contributed by atoms with Gasteiger partial charge in [0.25, 0.3) is 0 Å². The molecule has 0 bridgehead atoms. The zero-order chi connectivity index (χ0) is 52.5. The molecule has 0 fully saturated rings. The predicted octanol–water partition coefficient (Wildman–Crippen LogP) is -3.98. The first-order valence-electron chi connectivity index (χ1n) is 22.8. The van der Waals surface area contributed by atoms with Crippen LogP contribution in [0.15, 0.2) is 59.7 Å². The van der Waals surface area contributed by atoms with Crippen molar-refractivity contribution >= 4 is 75.9 Å². The first-order valence-corrected chi connectivity index (χ1v) is 24.2. The Balaban J connectivity index is 1.87. The maximum atomic E-state index is 14.4. The van der Waals surface area contributed by atoms with Crippen LogP contribution in [0.4, 0.5) is 0 Å². The van der Waals surface area contributed by atoms with Crippen LogP contribution in [-0.4, -0.2) is 166 Å². The molecular formula is C45H67N13O12S. The van der Waals surface area contributed by atoms with Crippen molar-refractivity contribution in [3.63, 3.8) is 0 Å². The summed E-state index contributed by atoms with van der Waals surface area (Å²) in [5.74, 6) is -7.61. The summed E-state index contributed by atoms with van der Waals surface area (Å²) in [5, 5.41) is 58.1. The number of thioether (sulfide) groups is 1. The molecule has 20 N–H and O–H groups in total. The van der Waals surface area contributed by atoms with Crippen LogP contribution in [0, 0.1) is 0 Å². The summed E-state index contributed by atoms with van der Waals surface area (Å²) in [6.07, 6.45) is 4.63. The summed E-state index contributed by atoms with van der Waals surface area (Å²) in [6, 6.07) is 2.71. The van der Waals surface area contributed by atoms with E-state index >= 15 is 0 Å². The van der Waals surface area contributed by atoms with Gasteiger partial charge < -0.3 is 85.6 Å². The quantitative estimate of drug-likeness (QED) is 0.0161. The van der Waals surface area contributed by atoms with E-state index < -0.39 is 109 Å². The van der Waals surface area contributed by atoms with Crippen molar-refractivity contribution in [3.8, 4) is 5.75 Å². The van der Waals surface area contributed by atoms with Gasteiger partial charge >= 0.3 is 5.97 Å². The van der Waals surface area contributed by atoms with Gasteiger partial charge in [0.15, 0.2) is 5.96 Å². The molecule has 0 spiro atoms. The third-order valence-electron chi connectivity index (χ3n) is 10.9. The molecular weight excluding hydrogens is 947 g/mol. The number of aliphatic imine (C=N–C) groups is 1. The number of nitrogens with one attached hydrogen (secondary N) is 8. The van der Waals surface area contributed by atoms with Crippen LogP contribution in [-0.2, 0) is 51.2 Å². The summed E-state index contributed by atoms with van der Waals surface area (Å²) >= 11 is 1.33. The van der Waals surface area contributed by atoms with Crippen LogP contribution >= 0.6 is 11.8 Å². The zero-order valence-electron chi connectivity index (χ0n) is 39.4. The van der Waals surface area contributed by atoms with E-state index in [2.05, 4.69) is 47.2 Å². The number of amides is 7. The highest BCUT2D eigenvalue weighted by atomic mass is 32.2. The molecule has 0 aliphatic heterocycles. The van der Waals surface area contributed by atoms with Gasteiger partial charge in [-0.3, -0.25) is 38.6 Å².